The zero-order valence-corrected chi connectivity index (χ0v) is 15.4. The van der Waals surface area contributed by atoms with Gasteiger partial charge in [-0.05, 0) is 18.6 Å². The number of unbranched alkanes of at least 4 members (excludes halogenated alkanes) is 11. The molecule has 3 heteroatoms. The second-order valence-electron chi connectivity index (χ2n) is 6.49. The van der Waals surface area contributed by atoms with Gasteiger partial charge in [-0.3, -0.25) is 9.63 Å². The largest absolute Gasteiger partial charge is 0.276 e. The fourth-order valence-electron chi connectivity index (χ4n) is 2.85. The topological polar surface area (TPSA) is 29.5 Å². The summed E-state index contributed by atoms with van der Waals surface area (Å²) < 4.78 is 0. The number of hydrogen-bond donors (Lipinski definition) is 0. The number of hydroxylamine groups is 1. The SMILES string of the molecule is CCCCCCCCCCCCCCON(C=O)c1ccccc1. The fraction of sp³-hybridized carbons (Fsp3) is 0.667. The Labute approximate surface area is 148 Å². The van der Waals surface area contributed by atoms with Gasteiger partial charge in [-0.1, -0.05) is 95.8 Å². The van der Waals surface area contributed by atoms with Gasteiger partial charge in [0, 0.05) is 0 Å². The van der Waals surface area contributed by atoms with Crippen molar-refractivity contribution >= 4 is 12.1 Å². The van der Waals surface area contributed by atoms with Crippen LogP contribution < -0.4 is 5.06 Å². The molecule has 0 aliphatic heterocycles. The van der Waals surface area contributed by atoms with E-state index in [1.807, 2.05) is 30.3 Å². The summed E-state index contributed by atoms with van der Waals surface area (Å²) >= 11 is 0. The Morgan fingerprint density at radius 1 is 0.792 bits per heavy atom. The summed E-state index contributed by atoms with van der Waals surface area (Å²) in [7, 11) is 0. The van der Waals surface area contributed by atoms with Crippen molar-refractivity contribution in [1.29, 1.82) is 0 Å². The molecule has 24 heavy (non-hydrogen) atoms. The Kier molecular flexibility index (Phi) is 13.1. The molecule has 0 unspecified atom stereocenters. The average Bonchev–Trinajstić information content (AvgIpc) is 2.63. The van der Waals surface area contributed by atoms with E-state index in [4.69, 9.17) is 4.84 Å². The molecule has 1 aromatic carbocycles. The predicted octanol–water partition coefficient (Wildman–Crippen LogP) is 6.28. The molecule has 136 valence electrons. The number of benzene rings is 1. The first-order chi connectivity index (χ1) is 11.9. The predicted molar refractivity (Wildman–Crippen MR) is 102 cm³/mol. The minimum Gasteiger partial charge on any atom is -0.276 e. The first kappa shape index (κ1) is 20.7. The van der Waals surface area contributed by atoms with Gasteiger partial charge in [0.25, 0.3) is 0 Å². The number of para-hydroxylation sites is 1. The maximum absolute atomic E-state index is 11.1. The summed E-state index contributed by atoms with van der Waals surface area (Å²) in [5.74, 6) is 0. The van der Waals surface area contributed by atoms with E-state index in [2.05, 4.69) is 6.92 Å². The molecule has 0 atom stereocenters. The molecule has 0 saturated heterocycles. The van der Waals surface area contributed by atoms with Gasteiger partial charge < -0.3 is 0 Å². The van der Waals surface area contributed by atoms with Crippen LogP contribution in [0, 0.1) is 0 Å². The number of carbonyl (C=O) groups is 1. The molecule has 0 aliphatic carbocycles. The zero-order chi connectivity index (χ0) is 17.3. The summed E-state index contributed by atoms with van der Waals surface area (Å²) in [6.45, 7) is 2.87. The van der Waals surface area contributed by atoms with Crippen molar-refractivity contribution in [2.75, 3.05) is 11.7 Å². The van der Waals surface area contributed by atoms with Crippen molar-refractivity contribution in [3.63, 3.8) is 0 Å². The minimum atomic E-state index is 0.602. The summed E-state index contributed by atoms with van der Waals surface area (Å²) in [5.41, 5.74) is 0.784. The van der Waals surface area contributed by atoms with Crippen molar-refractivity contribution in [1.82, 2.24) is 0 Å². The summed E-state index contributed by atoms with van der Waals surface area (Å²) in [4.78, 5) is 16.6. The molecule has 1 rings (SSSR count). The number of amides is 1. The molecule has 0 saturated carbocycles. The Morgan fingerprint density at radius 2 is 1.29 bits per heavy atom. The standard InChI is InChI=1S/C21H35NO2/c1-2-3-4-5-6-7-8-9-10-11-12-16-19-24-22(20-23)21-17-14-13-15-18-21/h13-15,17-18,20H,2-12,16,19H2,1H3. The third-order valence-electron chi connectivity index (χ3n) is 4.33. The second kappa shape index (κ2) is 15.2. The normalized spacial score (nSPS) is 10.7. The third kappa shape index (κ3) is 10.4. The maximum atomic E-state index is 11.1. The van der Waals surface area contributed by atoms with Crippen LogP contribution in [0.3, 0.4) is 0 Å². The fourth-order valence-corrected chi connectivity index (χ4v) is 2.85. The van der Waals surface area contributed by atoms with E-state index in [-0.39, 0.29) is 0 Å². The van der Waals surface area contributed by atoms with E-state index >= 15 is 0 Å². The van der Waals surface area contributed by atoms with E-state index in [0.29, 0.717) is 6.61 Å². The van der Waals surface area contributed by atoms with Crippen LogP contribution in [0.15, 0.2) is 30.3 Å². The second-order valence-corrected chi connectivity index (χ2v) is 6.49. The molecule has 0 heterocycles. The van der Waals surface area contributed by atoms with Gasteiger partial charge in [0.05, 0.1) is 12.3 Å². The van der Waals surface area contributed by atoms with Crippen LogP contribution in [0.4, 0.5) is 5.69 Å². The molecular formula is C21H35NO2. The summed E-state index contributed by atoms with van der Waals surface area (Å²) in [6.07, 6.45) is 16.6. The lowest BCUT2D eigenvalue weighted by molar-refractivity contribution is -0.114. The number of carbonyl (C=O) groups excluding carboxylic acids is 1. The first-order valence-electron chi connectivity index (χ1n) is 9.81. The lowest BCUT2D eigenvalue weighted by Crippen LogP contribution is -2.22. The van der Waals surface area contributed by atoms with Gasteiger partial charge in [0.2, 0.25) is 6.41 Å². The van der Waals surface area contributed by atoms with Gasteiger partial charge in [0.1, 0.15) is 0 Å². The molecule has 1 aromatic rings. The van der Waals surface area contributed by atoms with Gasteiger partial charge in [-0.2, -0.15) is 5.06 Å². The molecule has 1 amide bonds. The van der Waals surface area contributed by atoms with Crippen LogP contribution in [0.1, 0.15) is 84.0 Å². The Hall–Kier alpha value is -1.35. The molecule has 0 spiro atoms. The van der Waals surface area contributed by atoms with Crippen molar-refractivity contribution in [2.24, 2.45) is 0 Å². The molecular weight excluding hydrogens is 298 g/mol. The third-order valence-corrected chi connectivity index (χ3v) is 4.33. The van der Waals surface area contributed by atoms with Crippen molar-refractivity contribution in [3.05, 3.63) is 30.3 Å². The van der Waals surface area contributed by atoms with Gasteiger partial charge in [0.15, 0.2) is 0 Å². The first-order valence-corrected chi connectivity index (χ1v) is 9.81. The van der Waals surface area contributed by atoms with Crippen LogP contribution in [0.2, 0.25) is 0 Å². The Balaban J connectivity index is 1.89. The van der Waals surface area contributed by atoms with Crippen molar-refractivity contribution in [2.45, 2.75) is 84.0 Å². The summed E-state index contributed by atoms with van der Waals surface area (Å²) in [6, 6.07) is 9.48. The molecule has 0 radical (unpaired) electrons. The quantitative estimate of drug-likeness (QED) is 0.202. The van der Waals surface area contributed by atoms with E-state index in [1.165, 1.54) is 75.7 Å². The molecule has 0 aromatic heterocycles. The smallest absolute Gasteiger partial charge is 0.238 e. The van der Waals surface area contributed by atoms with E-state index in [1.54, 1.807) is 0 Å². The van der Waals surface area contributed by atoms with Crippen LogP contribution in [0.25, 0.3) is 0 Å². The zero-order valence-electron chi connectivity index (χ0n) is 15.4. The van der Waals surface area contributed by atoms with Gasteiger partial charge in [-0.15, -0.1) is 0 Å². The minimum absolute atomic E-state index is 0.602. The van der Waals surface area contributed by atoms with Crippen molar-refractivity contribution in [3.8, 4) is 0 Å². The van der Waals surface area contributed by atoms with Gasteiger partial charge in [-0.25, -0.2) is 0 Å². The van der Waals surface area contributed by atoms with E-state index in [0.717, 1.165) is 18.5 Å². The lowest BCUT2D eigenvalue weighted by Gasteiger charge is -2.16. The molecule has 0 aliphatic rings. The van der Waals surface area contributed by atoms with Gasteiger partial charge >= 0.3 is 0 Å². The highest BCUT2D eigenvalue weighted by molar-refractivity contribution is 5.71. The van der Waals surface area contributed by atoms with E-state index < -0.39 is 0 Å². The van der Waals surface area contributed by atoms with Crippen LogP contribution >= 0.6 is 0 Å². The van der Waals surface area contributed by atoms with E-state index in [9.17, 15) is 4.79 Å². The Bertz CT molecular complexity index is 394. The van der Waals surface area contributed by atoms with Crippen LogP contribution in [-0.2, 0) is 9.63 Å². The number of anilines is 1. The number of rotatable bonds is 16. The highest BCUT2D eigenvalue weighted by Crippen LogP contribution is 2.14. The number of nitrogens with zero attached hydrogens (tertiary/aromatic N) is 1. The molecule has 0 N–H and O–H groups in total. The maximum Gasteiger partial charge on any atom is 0.238 e. The monoisotopic (exact) mass is 333 g/mol. The van der Waals surface area contributed by atoms with Crippen LogP contribution in [0.5, 0.6) is 0 Å². The average molecular weight is 334 g/mol. The highest BCUT2D eigenvalue weighted by Gasteiger charge is 2.04. The van der Waals surface area contributed by atoms with Crippen LogP contribution in [-0.4, -0.2) is 13.0 Å². The molecule has 0 bridgehead atoms. The number of hydrogen-bond acceptors (Lipinski definition) is 2. The summed E-state index contributed by atoms with van der Waals surface area (Å²) in [5, 5.41) is 1.32. The highest BCUT2D eigenvalue weighted by atomic mass is 16.7. The molecule has 0 fully saturated rings. The lowest BCUT2D eigenvalue weighted by atomic mass is 10.1. The Morgan fingerprint density at radius 3 is 1.79 bits per heavy atom. The van der Waals surface area contributed by atoms with Crippen molar-refractivity contribution < 1.29 is 9.63 Å². The molecule has 3 nitrogen and oxygen atoms in total.